The SMILES string of the molecule is CCc1cc(C(C)(C)C)c2oc(C(O)C(C)C)cc2c1. The van der Waals surface area contributed by atoms with Gasteiger partial charge in [-0.05, 0) is 35.4 Å². The number of aryl methyl sites for hydroxylation is 1. The third-order valence-electron chi connectivity index (χ3n) is 3.83. The van der Waals surface area contributed by atoms with Crippen LogP contribution in [0.5, 0.6) is 0 Å². The summed E-state index contributed by atoms with van der Waals surface area (Å²) in [5.41, 5.74) is 3.48. The highest BCUT2D eigenvalue weighted by atomic mass is 16.4. The largest absolute Gasteiger partial charge is 0.458 e. The molecule has 0 amide bonds. The number of hydrogen-bond donors (Lipinski definition) is 1. The second kappa shape index (κ2) is 5.25. The van der Waals surface area contributed by atoms with Crippen molar-refractivity contribution in [1.82, 2.24) is 0 Å². The maximum atomic E-state index is 10.2. The van der Waals surface area contributed by atoms with Gasteiger partial charge in [-0.3, -0.25) is 0 Å². The van der Waals surface area contributed by atoms with E-state index >= 15 is 0 Å². The molecule has 1 heterocycles. The topological polar surface area (TPSA) is 33.4 Å². The molecule has 2 nitrogen and oxygen atoms in total. The Bertz CT molecular complexity index is 600. The molecule has 1 N–H and O–H groups in total. The molecular weight excluding hydrogens is 248 g/mol. The van der Waals surface area contributed by atoms with Gasteiger partial charge in [-0.15, -0.1) is 0 Å². The number of aliphatic hydroxyl groups excluding tert-OH is 1. The third kappa shape index (κ3) is 2.76. The first kappa shape index (κ1) is 15.1. The Balaban J connectivity index is 2.66. The van der Waals surface area contributed by atoms with Crippen molar-refractivity contribution in [3.05, 3.63) is 35.1 Å². The first-order valence-corrected chi connectivity index (χ1v) is 7.49. The van der Waals surface area contributed by atoms with Crippen LogP contribution in [0.15, 0.2) is 22.6 Å². The molecule has 0 saturated carbocycles. The summed E-state index contributed by atoms with van der Waals surface area (Å²) in [7, 11) is 0. The predicted octanol–water partition coefficient (Wildman–Crippen LogP) is 4.98. The summed E-state index contributed by atoms with van der Waals surface area (Å²) in [5.74, 6) is 0.827. The Morgan fingerprint density at radius 1 is 1.15 bits per heavy atom. The van der Waals surface area contributed by atoms with Gasteiger partial charge in [0.1, 0.15) is 17.4 Å². The molecule has 20 heavy (non-hydrogen) atoms. The average Bonchev–Trinajstić information content (AvgIpc) is 2.78. The second-order valence-electron chi connectivity index (χ2n) is 7.00. The van der Waals surface area contributed by atoms with E-state index in [1.165, 1.54) is 11.1 Å². The van der Waals surface area contributed by atoms with Crippen molar-refractivity contribution in [2.45, 2.75) is 59.5 Å². The Labute approximate surface area is 121 Å². The molecule has 0 fully saturated rings. The number of hydrogen-bond acceptors (Lipinski definition) is 2. The molecule has 2 rings (SSSR count). The van der Waals surface area contributed by atoms with E-state index in [4.69, 9.17) is 4.42 Å². The summed E-state index contributed by atoms with van der Waals surface area (Å²) in [6, 6.07) is 6.40. The number of fused-ring (bicyclic) bond motifs is 1. The normalized spacial score (nSPS) is 14.2. The lowest BCUT2D eigenvalue weighted by Gasteiger charge is -2.20. The van der Waals surface area contributed by atoms with Crippen LogP contribution in [0.4, 0.5) is 0 Å². The van der Waals surface area contributed by atoms with Gasteiger partial charge in [-0.1, -0.05) is 47.6 Å². The van der Waals surface area contributed by atoms with Gasteiger partial charge in [0.2, 0.25) is 0 Å². The van der Waals surface area contributed by atoms with Gasteiger partial charge in [0, 0.05) is 10.9 Å². The minimum atomic E-state index is -0.541. The fraction of sp³-hybridized carbons (Fsp3) is 0.556. The molecule has 2 heteroatoms. The van der Waals surface area contributed by atoms with Crippen LogP contribution in [-0.4, -0.2) is 5.11 Å². The van der Waals surface area contributed by atoms with Crippen molar-refractivity contribution in [1.29, 1.82) is 0 Å². The van der Waals surface area contributed by atoms with E-state index < -0.39 is 6.10 Å². The van der Waals surface area contributed by atoms with Crippen molar-refractivity contribution >= 4 is 11.0 Å². The standard InChI is InChI=1S/C18H26O2/c1-7-12-8-13-10-15(16(19)11(2)3)20-17(13)14(9-12)18(4,5)6/h8-11,16,19H,7H2,1-6H3. The summed E-state index contributed by atoms with van der Waals surface area (Å²) in [6.07, 6.45) is 0.465. The fourth-order valence-electron chi connectivity index (χ4n) is 2.47. The molecule has 2 aromatic rings. The number of aliphatic hydroxyl groups is 1. The van der Waals surface area contributed by atoms with E-state index in [1.54, 1.807) is 0 Å². The molecule has 0 saturated heterocycles. The van der Waals surface area contributed by atoms with Crippen LogP contribution in [0.25, 0.3) is 11.0 Å². The maximum Gasteiger partial charge on any atom is 0.138 e. The first-order valence-electron chi connectivity index (χ1n) is 7.49. The van der Waals surface area contributed by atoms with Crippen molar-refractivity contribution < 1.29 is 9.52 Å². The molecule has 0 aliphatic rings. The second-order valence-corrected chi connectivity index (χ2v) is 7.00. The smallest absolute Gasteiger partial charge is 0.138 e. The van der Waals surface area contributed by atoms with Gasteiger partial charge in [0.25, 0.3) is 0 Å². The molecule has 1 atom stereocenters. The van der Waals surface area contributed by atoms with E-state index in [0.717, 1.165) is 17.4 Å². The lowest BCUT2D eigenvalue weighted by molar-refractivity contribution is 0.104. The van der Waals surface area contributed by atoms with E-state index in [-0.39, 0.29) is 11.3 Å². The quantitative estimate of drug-likeness (QED) is 0.856. The highest BCUT2D eigenvalue weighted by molar-refractivity contribution is 5.83. The fourth-order valence-corrected chi connectivity index (χ4v) is 2.47. The minimum Gasteiger partial charge on any atom is -0.458 e. The monoisotopic (exact) mass is 274 g/mol. The molecule has 0 spiro atoms. The van der Waals surface area contributed by atoms with Crippen molar-refractivity contribution in [2.75, 3.05) is 0 Å². The molecular formula is C18H26O2. The van der Waals surface area contributed by atoms with Crippen LogP contribution in [0, 0.1) is 5.92 Å². The Morgan fingerprint density at radius 2 is 1.80 bits per heavy atom. The first-order chi connectivity index (χ1) is 9.24. The predicted molar refractivity (Wildman–Crippen MR) is 84.1 cm³/mol. The van der Waals surface area contributed by atoms with Crippen molar-refractivity contribution in [2.24, 2.45) is 5.92 Å². The van der Waals surface area contributed by atoms with Gasteiger partial charge >= 0.3 is 0 Å². The zero-order valence-corrected chi connectivity index (χ0v) is 13.4. The molecule has 1 aromatic carbocycles. The molecule has 110 valence electrons. The molecule has 0 bridgehead atoms. The van der Waals surface area contributed by atoms with Crippen LogP contribution < -0.4 is 0 Å². The third-order valence-corrected chi connectivity index (χ3v) is 3.83. The van der Waals surface area contributed by atoms with Gasteiger partial charge in [-0.2, -0.15) is 0 Å². The molecule has 1 unspecified atom stereocenters. The van der Waals surface area contributed by atoms with E-state index in [2.05, 4.69) is 39.8 Å². The summed E-state index contributed by atoms with van der Waals surface area (Å²) in [5, 5.41) is 11.3. The van der Waals surface area contributed by atoms with Gasteiger partial charge < -0.3 is 9.52 Å². The Morgan fingerprint density at radius 3 is 2.30 bits per heavy atom. The molecule has 0 radical (unpaired) electrons. The maximum absolute atomic E-state index is 10.2. The Kier molecular flexibility index (Phi) is 3.97. The lowest BCUT2D eigenvalue weighted by atomic mass is 9.85. The van der Waals surface area contributed by atoms with Crippen molar-refractivity contribution in [3.63, 3.8) is 0 Å². The van der Waals surface area contributed by atoms with Crippen LogP contribution >= 0.6 is 0 Å². The average molecular weight is 274 g/mol. The van der Waals surface area contributed by atoms with Crippen LogP contribution in [0.2, 0.25) is 0 Å². The summed E-state index contributed by atoms with van der Waals surface area (Å²) >= 11 is 0. The molecule has 0 aliphatic heterocycles. The zero-order valence-electron chi connectivity index (χ0n) is 13.4. The highest BCUT2D eigenvalue weighted by Crippen LogP contribution is 2.36. The number of rotatable bonds is 3. The van der Waals surface area contributed by atoms with Gasteiger partial charge in [0.05, 0.1) is 0 Å². The van der Waals surface area contributed by atoms with E-state index in [0.29, 0.717) is 5.76 Å². The van der Waals surface area contributed by atoms with E-state index in [1.807, 2.05) is 19.9 Å². The van der Waals surface area contributed by atoms with Gasteiger partial charge in [-0.25, -0.2) is 0 Å². The van der Waals surface area contributed by atoms with E-state index in [9.17, 15) is 5.11 Å². The van der Waals surface area contributed by atoms with Crippen LogP contribution in [0.3, 0.4) is 0 Å². The summed E-state index contributed by atoms with van der Waals surface area (Å²) < 4.78 is 6.00. The number of benzene rings is 1. The number of furan rings is 1. The Hall–Kier alpha value is -1.28. The van der Waals surface area contributed by atoms with Crippen LogP contribution in [-0.2, 0) is 11.8 Å². The highest BCUT2D eigenvalue weighted by Gasteiger charge is 2.23. The molecule has 1 aromatic heterocycles. The summed E-state index contributed by atoms with van der Waals surface area (Å²) in [6.45, 7) is 12.8. The molecule has 0 aliphatic carbocycles. The van der Waals surface area contributed by atoms with Crippen LogP contribution in [0.1, 0.15) is 64.5 Å². The van der Waals surface area contributed by atoms with Gasteiger partial charge in [0.15, 0.2) is 0 Å². The summed E-state index contributed by atoms with van der Waals surface area (Å²) in [4.78, 5) is 0. The minimum absolute atomic E-state index is 0.0291. The van der Waals surface area contributed by atoms with Crippen molar-refractivity contribution in [3.8, 4) is 0 Å². The zero-order chi connectivity index (χ0) is 15.1. The lowest BCUT2D eigenvalue weighted by Crippen LogP contribution is -2.11.